The van der Waals surface area contributed by atoms with Crippen LogP contribution < -0.4 is 5.32 Å². The highest BCUT2D eigenvalue weighted by atomic mass is 16.6. The van der Waals surface area contributed by atoms with Crippen molar-refractivity contribution in [1.82, 2.24) is 5.32 Å². The zero-order valence-corrected chi connectivity index (χ0v) is 19.5. The zero-order valence-electron chi connectivity index (χ0n) is 19.5. The molecule has 1 aliphatic heterocycles. The molecule has 31 heavy (non-hydrogen) atoms. The lowest BCUT2D eigenvalue weighted by molar-refractivity contribution is -0.200. The maximum absolute atomic E-state index is 12.8. The SMILES string of the molecule is CCCCOC[C@H]1OC[C@H](NC(=O)c2ccccc2)[C@@H](OCCCC)[C@H]1OCCCC. The molecule has 2 rings (SSSR count). The van der Waals surface area contributed by atoms with Gasteiger partial charge in [-0.3, -0.25) is 4.79 Å². The van der Waals surface area contributed by atoms with E-state index in [0.29, 0.717) is 38.6 Å². The first-order valence-electron chi connectivity index (χ1n) is 12.0. The van der Waals surface area contributed by atoms with Crippen LogP contribution in [0.2, 0.25) is 0 Å². The van der Waals surface area contributed by atoms with Gasteiger partial charge in [0.15, 0.2) is 0 Å². The van der Waals surface area contributed by atoms with Crippen molar-refractivity contribution in [2.75, 3.05) is 33.0 Å². The Kier molecular flexibility index (Phi) is 12.8. The van der Waals surface area contributed by atoms with Crippen LogP contribution in [0, 0.1) is 0 Å². The second-order valence-corrected chi connectivity index (χ2v) is 8.12. The van der Waals surface area contributed by atoms with Crippen molar-refractivity contribution in [3.05, 3.63) is 35.9 Å². The maximum atomic E-state index is 12.8. The van der Waals surface area contributed by atoms with Gasteiger partial charge in [-0.2, -0.15) is 0 Å². The predicted molar refractivity (Wildman–Crippen MR) is 122 cm³/mol. The molecule has 1 N–H and O–H groups in total. The molecular weight excluding hydrogens is 394 g/mol. The van der Waals surface area contributed by atoms with E-state index in [1.165, 1.54) is 0 Å². The highest BCUT2D eigenvalue weighted by Gasteiger charge is 2.43. The number of unbranched alkanes of at least 4 members (excludes halogenated alkanes) is 3. The summed E-state index contributed by atoms with van der Waals surface area (Å²) in [5.74, 6) is -0.122. The van der Waals surface area contributed by atoms with Crippen molar-refractivity contribution in [2.45, 2.75) is 83.6 Å². The molecule has 0 unspecified atom stereocenters. The van der Waals surface area contributed by atoms with E-state index in [4.69, 9.17) is 18.9 Å². The lowest BCUT2D eigenvalue weighted by atomic mass is 9.97. The molecule has 1 saturated heterocycles. The van der Waals surface area contributed by atoms with Crippen LogP contribution in [0.3, 0.4) is 0 Å². The van der Waals surface area contributed by atoms with Crippen LogP contribution in [0.15, 0.2) is 30.3 Å². The molecule has 0 aliphatic carbocycles. The molecule has 1 heterocycles. The molecule has 0 saturated carbocycles. The summed E-state index contributed by atoms with van der Waals surface area (Å²) in [6.45, 7) is 9.28. The molecule has 0 radical (unpaired) electrons. The number of hydrogen-bond donors (Lipinski definition) is 1. The summed E-state index contributed by atoms with van der Waals surface area (Å²) in [6, 6.07) is 8.97. The first kappa shape index (κ1) is 25.8. The minimum Gasteiger partial charge on any atom is -0.379 e. The third kappa shape index (κ3) is 8.89. The Bertz CT molecular complexity index is 597. The average Bonchev–Trinajstić information content (AvgIpc) is 2.80. The Hall–Kier alpha value is -1.47. The van der Waals surface area contributed by atoms with E-state index in [0.717, 1.165) is 38.5 Å². The van der Waals surface area contributed by atoms with Crippen molar-refractivity contribution < 1.29 is 23.7 Å². The van der Waals surface area contributed by atoms with E-state index in [2.05, 4.69) is 26.1 Å². The van der Waals surface area contributed by atoms with E-state index in [1.54, 1.807) is 0 Å². The number of hydrogen-bond acceptors (Lipinski definition) is 5. The van der Waals surface area contributed by atoms with Gasteiger partial charge in [-0.25, -0.2) is 0 Å². The monoisotopic (exact) mass is 435 g/mol. The summed E-state index contributed by atoms with van der Waals surface area (Å²) in [7, 11) is 0. The van der Waals surface area contributed by atoms with E-state index < -0.39 is 0 Å². The number of carbonyl (C=O) groups excluding carboxylic acids is 1. The molecule has 0 aromatic heterocycles. The summed E-state index contributed by atoms with van der Waals surface area (Å²) >= 11 is 0. The second-order valence-electron chi connectivity index (χ2n) is 8.12. The summed E-state index contributed by atoms with van der Waals surface area (Å²) in [4.78, 5) is 12.8. The van der Waals surface area contributed by atoms with Crippen molar-refractivity contribution >= 4 is 5.91 Å². The van der Waals surface area contributed by atoms with Gasteiger partial charge in [0.05, 0.1) is 19.3 Å². The molecular formula is C25H41NO5. The summed E-state index contributed by atoms with van der Waals surface area (Å²) in [5, 5.41) is 3.12. The first-order chi connectivity index (χ1) is 15.2. The summed E-state index contributed by atoms with van der Waals surface area (Å²) < 4.78 is 24.6. The molecule has 1 aliphatic rings. The fraction of sp³-hybridized carbons (Fsp3) is 0.720. The van der Waals surface area contributed by atoms with Crippen molar-refractivity contribution in [1.29, 1.82) is 0 Å². The molecule has 6 nitrogen and oxygen atoms in total. The maximum Gasteiger partial charge on any atom is 0.251 e. The Morgan fingerprint density at radius 3 is 2.19 bits per heavy atom. The van der Waals surface area contributed by atoms with Crippen LogP contribution in [0.4, 0.5) is 0 Å². The van der Waals surface area contributed by atoms with Crippen molar-refractivity contribution in [3.8, 4) is 0 Å². The molecule has 0 bridgehead atoms. The van der Waals surface area contributed by atoms with Gasteiger partial charge < -0.3 is 24.3 Å². The lowest BCUT2D eigenvalue weighted by Crippen LogP contribution is -2.62. The average molecular weight is 436 g/mol. The molecule has 1 fully saturated rings. The standard InChI is InChI=1S/C25H41NO5/c1-4-7-15-28-19-22-24(30-17-9-6-3)23(29-16-8-5-2)21(18-31-22)26-25(27)20-13-11-10-12-14-20/h10-14,21-24H,4-9,15-19H2,1-3H3,(H,26,27)/t21-,22+,23+,24-/m0/s1. The topological polar surface area (TPSA) is 66.0 Å². The number of rotatable bonds is 15. The van der Waals surface area contributed by atoms with Crippen LogP contribution in [0.25, 0.3) is 0 Å². The fourth-order valence-corrected chi connectivity index (χ4v) is 3.55. The van der Waals surface area contributed by atoms with Crippen LogP contribution in [0.1, 0.15) is 69.7 Å². The molecule has 4 atom stereocenters. The lowest BCUT2D eigenvalue weighted by Gasteiger charge is -2.42. The summed E-state index contributed by atoms with van der Waals surface area (Å²) in [6.07, 6.45) is 5.42. The number of ether oxygens (including phenoxy) is 4. The Morgan fingerprint density at radius 2 is 1.55 bits per heavy atom. The smallest absolute Gasteiger partial charge is 0.251 e. The normalized spacial score (nSPS) is 23.6. The first-order valence-corrected chi connectivity index (χ1v) is 12.0. The molecule has 1 aromatic carbocycles. The van der Waals surface area contributed by atoms with Crippen LogP contribution in [-0.2, 0) is 18.9 Å². The predicted octanol–water partition coefficient (Wildman–Crippen LogP) is 4.37. The van der Waals surface area contributed by atoms with Gasteiger partial charge in [0.1, 0.15) is 18.3 Å². The Morgan fingerprint density at radius 1 is 0.935 bits per heavy atom. The van der Waals surface area contributed by atoms with Crippen molar-refractivity contribution in [3.63, 3.8) is 0 Å². The number of nitrogens with one attached hydrogen (secondary N) is 1. The largest absolute Gasteiger partial charge is 0.379 e. The van der Waals surface area contributed by atoms with Gasteiger partial charge >= 0.3 is 0 Å². The fourth-order valence-electron chi connectivity index (χ4n) is 3.55. The minimum atomic E-state index is -0.278. The van der Waals surface area contributed by atoms with Gasteiger partial charge in [0.25, 0.3) is 5.91 Å². The second kappa shape index (κ2) is 15.4. The van der Waals surface area contributed by atoms with Crippen LogP contribution in [0.5, 0.6) is 0 Å². The quantitative estimate of drug-likeness (QED) is 0.414. The molecule has 176 valence electrons. The van der Waals surface area contributed by atoms with E-state index in [1.807, 2.05) is 30.3 Å². The van der Waals surface area contributed by atoms with Crippen LogP contribution >= 0.6 is 0 Å². The van der Waals surface area contributed by atoms with Gasteiger partial charge in [0.2, 0.25) is 0 Å². The molecule has 6 heteroatoms. The van der Waals surface area contributed by atoms with Gasteiger partial charge in [-0.1, -0.05) is 58.2 Å². The number of amides is 1. The van der Waals surface area contributed by atoms with E-state index in [9.17, 15) is 4.79 Å². The summed E-state index contributed by atoms with van der Waals surface area (Å²) in [5.41, 5.74) is 0.628. The van der Waals surface area contributed by atoms with Gasteiger partial charge in [-0.15, -0.1) is 0 Å². The molecule has 1 aromatic rings. The Balaban J connectivity index is 2.10. The zero-order chi connectivity index (χ0) is 22.3. The number of carbonyl (C=O) groups is 1. The number of benzene rings is 1. The highest BCUT2D eigenvalue weighted by Crippen LogP contribution is 2.23. The third-order valence-electron chi connectivity index (χ3n) is 5.47. The van der Waals surface area contributed by atoms with E-state index >= 15 is 0 Å². The highest BCUT2D eigenvalue weighted by molar-refractivity contribution is 5.94. The minimum absolute atomic E-state index is 0.122. The van der Waals surface area contributed by atoms with Gasteiger partial charge in [-0.05, 0) is 31.4 Å². The van der Waals surface area contributed by atoms with E-state index in [-0.39, 0.29) is 30.3 Å². The third-order valence-corrected chi connectivity index (χ3v) is 5.47. The molecule has 0 spiro atoms. The van der Waals surface area contributed by atoms with Gasteiger partial charge in [0, 0.05) is 25.4 Å². The van der Waals surface area contributed by atoms with Crippen molar-refractivity contribution in [2.24, 2.45) is 0 Å². The molecule has 1 amide bonds. The van der Waals surface area contributed by atoms with Crippen LogP contribution in [-0.4, -0.2) is 63.3 Å². The Labute approximate surface area is 188 Å².